The fraction of sp³-hybridized carbons (Fsp3) is 0.944. The molecule has 0 aromatic rings. The predicted octanol–water partition coefficient (Wildman–Crippen LogP) is 2.56. The minimum Gasteiger partial charge on any atom is -0.379 e. The maximum Gasteiger partial charge on any atom is 0.255 e. The second-order valence-electron chi connectivity index (χ2n) is 8.56. The third-order valence-corrected chi connectivity index (χ3v) is 4.94. The van der Waals surface area contributed by atoms with Gasteiger partial charge in [-0.1, -0.05) is 40.0 Å². The highest BCUT2D eigenvalue weighted by Crippen LogP contribution is 2.26. The van der Waals surface area contributed by atoms with Crippen LogP contribution < -0.4 is 5.32 Å². The molecule has 2 fully saturated rings. The summed E-state index contributed by atoms with van der Waals surface area (Å²) in [6.45, 7) is 9.25. The molecule has 0 bridgehead atoms. The number of carbonyl (C=O) groups is 1. The Morgan fingerprint density at radius 2 is 1.91 bits per heavy atom. The summed E-state index contributed by atoms with van der Waals surface area (Å²) >= 11 is 0. The molecule has 1 heterocycles. The minimum absolute atomic E-state index is 0.0729. The van der Waals surface area contributed by atoms with Gasteiger partial charge in [0.15, 0.2) is 5.60 Å². The van der Waals surface area contributed by atoms with E-state index in [1.165, 1.54) is 32.1 Å². The number of nitrogens with zero attached hydrogens (tertiary/aromatic N) is 1. The Balaban J connectivity index is 1.83. The molecule has 0 unspecified atom stereocenters. The van der Waals surface area contributed by atoms with E-state index in [2.05, 4.69) is 26.1 Å². The number of rotatable bonds is 5. The van der Waals surface area contributed by atoms with Gasteiger partial charge in [-0.3, -0.25) is 4.79 Å². The molecule has 0 aromatic carbocycles. The lowest BCUT2D eigenvalue weighted by molar-refractivity contribution is -0.158. The summed E-state index contributed by atoms with van der Waals surface area (Å²) < 4.78 is 0. The van der Waals surface area contributed by atoms with Crippen molar-refractivity contribution in [1.29, 1.82) is 0 Å². The number of aliphatic hydroxyl groups is 1. The lowest BCUT2D eigenvalue weighted by Crippen LogP contribution is -2.59. The normalized spacial score (nSPS) is 28.2. The van der Waals surface area contributed by atoms with Gasteiger partial charge in [-0.15, -0.1) is 0 Å². The minimum atomic E-state index is -1.20. The number of likely N-dealkylation sites (tertiary alicyclic amines) is 1. The molecule has 1 aliphatic carbocycles. The van der Waals surface area contributed by atoms with Gasteiger partial charge < -0.3 is 15.3 Å². The summed E-state index contributed by atoms with van der Waals surface area (Å²) in [7, 11) is 0. The fourth-order valence-corrected chi connectivity index (χ4v) is 3.83. The van der Waals surface area contributed by atoms with Crippen LogP contribution in [-0.4, -0.2) is 47.7 Å². The monoisotopic (exact) mass is 310 g/mol. The van der Waals surface area contributed by atoms with Gasteiger partial charge in [0, 0.05) is 19.6 Å². The zero-order valence-electron chi connectivity index (χ0n) is 14.7. The van der Waals surface area contributed by atoms with E-state index in [9.17, 15) is 9.90 Å². The number of amides is 1. The molecule has 0 radical (unpaired) electrons. The third-order valence-electron chi connectivity index (χ3n) is 4.94. The highest BCUT2D eigenvalue weighted by Gasteiger charge is 2.42. The van der Waals surface area contributed by atoms with Gasteiger partial charge in [-0.25, -0.2) is 0 Å². The van der Waals surface area contributed by atoms with Gasteiger partial charge in [0.05, 0.1) is 0 Å². The smallest absolute Gasteiger partial charge is 0.255 e. The van der Waals surface area contributed by atoms with Gasteiger partial charge >= 0.3 is 0 Å². The first-order chi connectivity index (χ1) is 10.3. The van der Waals surface area contributed by atoms with E-state index in [4.69, 9.17) is 0 Å². The molecule has 2 rings (SSSR count). The van der Waals surface area contributed by atoms with Crippen LogP contribution in [-0.2, 0) is 4.79 Å². The summed E-state index contributed by atoms with van der Waals surface area (Å²) in [6.07, 6.45) is 8.07. The first-order valence-electron chi connectivity index (χ1n) is 9.03. The first kappa shape index (κ1) is 17.7. The third kappa shape index (κ3) is 4.95. The predicted molar refractivity (Wildman–Crippen MR) is 89.7 cm³/mol. The zero-order chi connectivity index (χ0) is 16.2. The molecule has 1 amide bonds. The molecule has 2 aliphatic rings. The van der Waals surface area contributed by atoms with E-state index in [0.29, 0.717) is 13.0 Å². The largest absolute Gasteiger partial charge is 0.379 e. The van der Waals surface area contributed by atoms with E-state index >= 15 is 0 Å². The van der Waals surface area contributed by atoms with Crippen molar-refractivity contribution < 1.29 is 9.90 Å². The van der Waals surface area contributed by atoms with Crippen molar-refractivity contribution in [2.45, 2.75) is 71.3 Å². The molecule has 1 saturated heterocycles. The van der Waals surface area contributed by atoms with Crippen molar-refractivity contribution in [2.75, 3.05) is 26.2 Å². The molecular formula is C18H34N2O2. The maximum atomic E-state index is 12.6. The van der Waals surface area contributed by atoms with Crippen LogP contribution in [0.1, 0.15) is 65.7 Å². The number of nitrogens with one attached hydrogen (secondary N) is 1. The fourth-order valence-electron chi connectivity index (χ4n) is 3.83. The van der Waals surface area contributed by atoms with E-state index in [-0.39, 0.29) is 11.3 Å². The zero-order valence-corrected chi connectivity index (χ0v) is 14.7. The lowest BCUT2D eigenvalue weighted by Gasteiger charge is -2.41. The van der Waals surface area contributed by atoms with Gasteiger partial charge in [-0.05, 0) is 43.6 Å². The molecule has 2 N–H and O–H groups in total. The molecule has 0 aromatic heterocycles. The Labute approximate surface area is 135 Å². The van der Waals surface area contributed by atoms with Crippen molar-refractivity contribution in [2.24, 2.45) is 11.3 Å². The van der Waals surface area contributed by atoms with Crippen molar-refractivity contribution in [3.05, 3.63) is 0 Å². The standard InChI is InChI=1S/C18H34N2O2/c1-17(2,3)14-20-11-7-10-18(22,16(20)21)13-19-12-15-8-5-4-6-9-15/h15,19,22H,4-14H2,1-3H3/t18-/m0/s1. The molecule has 1 atom stereocenters. The Morgan fingerprint density at radius 1 is 1.23 bits per heavy atom. The topological polar surface area (TPSA) is 52.6 Å². The van der Waals surface area contributed by atoms with Crippen molar-refractivity contribution in [1.82, 2.24) is 10.2 Å². The Hall–Kier alpha value is -0.610. The van der Waals surface area contributed by atoms with Gasteiger partial charge in [0.1, 0.15) is 0 Å². The average molecular weight is 310 g/mol. The maximum absolute atomic E-state index is 12.6. The Morgan fingerprint density at radius 3 is 2.55 bits per heavy atom. The number of piperidine rings is 1. The molecule has 1 saturated carbocycles. The first-order valence-corrected chi connectivity index (χ1v) is 9.03. The van der Waals surface area contributed by atoms with E-state index < -0.39 is 5.60 Å². The summed E-state index contributed by atoms with van der Waals surface area (Å²) in [6, 6.07) is 0. The number of hydrogen-bond donors (Lipinski definition) is 2. The van der Waals surface area contributed by atoms with Gasteiger partial charge in [-0.2, -0.15) is 0 Å². The highest BCUT2D eigenvalue weighted by atomic mass is 16.3. The molecule has 4 heteroatoms. The SMILES string of the molecule is CC(C)(C)CN1CCC[C@](O)(CNCC2CCCCC2)C1=O. The number of hydrogen-bond acceptors (Lipinski definition) is 3. The molecule has 22 heavy (non-hydrogen) atoms. The van der Waals surface area contributed by atoms with Crippen LogP contribution in [0.25, 0.3) is 0 Å². The van der Waals surface area contributed by atoms with Crippen LogP contribution >= 0.6 is 0 Å². The molecular weight excluding hydrogens is 276 g/mol. The van der Waals surface area contributed by atoms with Crippen molar-refractivity contribution in [3.63, 3.8) is 0 Å². The second-order valence-corrected chi connectivity index (χ2v) is 8.56. The number of carbonyl (C=O) groups excluding carboxylic acids is 1. The van der Waals surface area contributed by atoms with Crippen LogP contribution in [0.5, 0.6) is 0 Å². The summed E-state index contributed by atoms with van der Waals surface area (Å²) in [4.78, 5) is 14.5. The van der Waals surface area contributed by atoms with E-state index in [1.807, 2.05) is 4.90 Å². The van der Waals surface area contributed by atoms with Crippen LogP contribution in [0.15, 0.2) is 0 Å². The quantitative estimate of drug-likeness (QED) is 0.820. The molecule has 1 aliphatic heterocycles. The van der Waals surface area contributed by atoms with Crippen molar-refractivity contribution >= 4 is 5.91 Å². The molecule has 128 valence electrons. The lowest BCUT2D eigenvalue weighted by atomic mass is 9.87. The highest BCUT2D eigenvalue weighted by molar-refractivity contribution is 5.86. The Bertz CT molecular complexity index is 372. The summed E-state index contributed by atoms with van der Waals surface area (Å²) in [5.74, 6) is 0.645. The Kier molecular flexibility index (Phi) is 5.89. The summed E-state index contributed by atoms with van der Waals surface area (Å²) in [5.41, 5.74) is -1.12. The van der Waals surface area contributed by atoms with Gasteiger partial charge in [0.2, 0.25) is 0 Å². The molecule has 4 nitrogen and oxygen atoms in total. The van der Waals surface area contributed by atoms with Crippen LogP contribution in [0, 0.1) is 11.3 Å². The summed E-state index contributed by atoms with van der Waals surface area (Å²) in [5, 5.41) is 14.2. The average Bonchev–Trinajstić information content (AvgIpc) is 2.44. The van der Waals surface area contributed by atoms with Crippen LogP contribution in [0.3, 0.4) is 0 Å². The van der Waals surface area contributed by atoms with Gasteiger partial charge in [0.25, 0.3) is 5.91 Å². The van der Waals surface area contributed by atoms with Crippen LogP contribution in [0.4, 0.5) is 0 Å². The van der Waals surface area contributed by atoms with Crippen LogP contribution in [0.2, 0.25) is 0 Å². The second kappa shape index (κ2) is 7.31. The van der Waals surface area contributed by atoms with E-state index in [1.54, 1.807) is 0 Å². The van der Waals surface area contributed by atoms with E-state index in [0.717, 1.165) is 32.0 Å². The molecule has 0 spiro atoms. The van der Waals surface area contributed by atoms with Crippen molar-refractivity contribution in [3.8, 4) is 0 Å².